The van der Waals surface area contributed by atoms with Gasteiger partial charge in [-0.1, -0.05) is 0 Å². The highest BCUT2D eigenvalue weighted by Crippen LogP contribution is 2.17. The molecule has 2 heterocycles. The summed E-state index contributed by atoms with van der Waals surface area (Å²) < 4.78 is 0. The van der Waals surface area contributed by atoms with Crippen molar-refractivity contribution in [2.45, 2.75) is 12.5 Å². The van der Waals surface area contributed by atoms with Crippen molar-refractivity contribution in [3.8, 4) is 0 Å². The van der Waals surface area contributed by atoms with Gasteiger partial charge in [0.05, 0.1) is 0 Å². The van der Waals surface area contributed by atoms with Crippen LogP contribution in [-0.2, 0) is 0 Å². The van der Waals surface area contributed by atoms with Crippen LogP contribution in [0.5, 0.6) is 0 Å². The van der Waals surface area contributed by atoms with Crippen LogP contribution >= 0.6 is 11.8 Å². The fraction of sp³-hybridized carbons (Fsp3) is 0.400. The van der Waals surface area contributed by atoms with Crippen LogP contribution in [0.15, 0.2) is 18.3 Å². The number of amides is 1. The molecule has 0 radical (unpaired) electrons. The Labute approximate surface area is 98.2 Å². The molecule has 0 bridgehead atoms. The first kappa shape index (κ1) is 11.2. The van der Waals surface area contributed by atoms with Gasteiger partial charge < -0.3 is 10.7 Å². The lowest BCUT2D eigenvalue weighted by Gasteiger charge is -2.11. The Hall–Kier alpha value is -1.27. The normalized spacial score (nSPS) is 19.4. The Morgan fingerprint density at radius 2 is 2.50 bits per heavy atom. The Balaban J connectivity index is 2.01. The fourth-order valence-electron chi connectivity index (χ4n) is 1.57. The third kappa shape index (κ3) is 2.65. The van der Waals surface area contributed by atoms with E-state index in [0.29, 0.717) is 17.4 Å². The van der Waals surface area contributed by atoms with Crippen molar-refractivity contribution < 1.29 is 4.79 Å². The van der Waals surface area contributed by atoms with E-state index in [4.69, 9.17) is 5.84 Å². The molecule has 0 aliphatic carbocycles. The van der Waals surface area contributed by atoms with E-state index < -0.39 is 0 Å². The number of nitrogens with zero attached hydrogens (tertiary/aromatic N) is 1. The number of aromatic nitrogens is 1. The number of hydrogen-bond donors (Lipinski definition) is 3. The first-order valence-electron chi connectivity index (χ1n) is 5.11. The lowest BCUT2D eigenvalue weighted by Crippen LogP contribution is -2.34. The van der Waals surface area contributed by atoms with Gasteiger partial charge >= 0.3 is 0 Å². The number of nitrogens with two attached hydrogens (primary N) is 1. The number of rotatable bonds is 3. The number of anilines is 1. The van der Waals surface area contributed by atoms with Crippen LogP contribution in [0.4, 0.5) is 5.82 Å². The van der Waals surface area contributed by atoms with Gasteiger partial charge in [-0.15, -0.1) is 0 Å². The Bertz CT molecular complexity index is 379. The van der Waals surface area contributed by atoms with Crippen LogP contribution in [0.2, 0.25) is 0 Å². The molecule has 5 nitrogen and oxygen atoms in total. The lowest BCUT2D eigenvalue weighted by molar-refractivity contribution is 0.0941. The van der Waals surface area contributed by atoms with E-state index in [1.807, 2.05) is 11.8 Å². The van der Waals surface area contributed by atoms with Crippen molar-refractivity contribution in [3.05, 3.63) is 23.9 Å². The molecule has 1 aromatic heterocycles. The van der Waals surface area contributed by atoms with E-state index >= 15 is 0 Å². The topological polar surface area (TPSA) is 80.0 Å². The van der Waals surface area contributed by atoms with Crippen LogP contribution in [0.1, 0.15) is 16.8 Å². The number of nitrogen functional groups attached to an aromatic ring is 1. The average Bonchev–Trinajstić information content (AvgIpc) is 2.82. The van der Waals surface area contributed by atoms with E-state index in [9.17, 15) is 4.79 Å². The van der Waals surface area contributed by atoms with Crippen molar-refractivity contribution in [1.29, 1.82) is 0 Å². The van der Waals surface area contributed by atoms with Crippen molar-refractivity contribution in [3.63, 3.8) is 0 Å². The van der Waals surface area contributed by atoms with Crippen LogP contribution in [0.25, 0.3) is 0 Å². The molecule has 1 saturated heterocycles. The molecule has 1 unspecified atom stereocenters. The number of nitrogens with one attached hydrogen (secondary N) is 2. The first-order valence-corrected chi connectivity index (χ1v) is 6.26. The van der Waals surface area contributed by atoms with Gasteiger partial charge in [-0.2, -0.15) is 11.8 Å². The summed E-state index contributed by atoms with van der Waals surface area (Å²) in [4.78, 5) is 15.8. The molecular weight excluding hydrogens is 224 g/mol. The monoisotopic (exact) mass is 238 g/mol. The molecule has 1 aliphatic heterocycles. The molecule has 0 spiro atoms. The van der Waals surface area contributed by atoms with Crippen molar-refractivity contribution >= 4 is 23.5 Å². The molecule has 2 rings (SSSR count). The summed E-state index contributed by atoms with van der Waals surface area (Å²) in [5, 5.41) is 2.99. The highest BCUT2D eigenvalue weighted by atomic mass is 32.2. The molecule has 86 valence electrons. The number of hydrogen-bond acceptors (Lipinski definition) is 5. The summed E-state index contributed by atoms with van der Waals surface area (Å²) in [5.74, 6) is 7.79. The van der Waals surface area contributed by atoms with Gasteiger partial charge in [0.15, 0.2) is 0 Å². The van der Waals surface area contributed by atoms with E-state index in [2.05, 4.69) is 15.7 Å². The first-order chi connectivity index (χ1) is 7.79. The van der Waals surface area contributed by atoms with E-state index in [0.717, 1.165) is 17.9 Å². The van der Waals surface area contributed by atoms with Crippen LogP contribution in [0.3, 0.4) is 0 Å². The molecule has 1 aromatic rings. The Morgan fingerprint density at radius 1 is 1.62 bits per heavy atom. The van der Waals surface area contributed by atoms with E-state index in [1.165, 1.54) is 0 Å². The highest BCUT2D eigenvalue weighted by molar-refractivity contribution is 7.99. The number of pyridine rings is 1. The van der Waals surface area contributed by atoms with Gasteiger partial charge in [0.2, 0.25) is 0 Å². The molecule has 0 saturated carbocycles. The fourth-order valence-corrected chi connectivity index (χ4v) is 2.72. The summed E-state index contributed by atoms with van der Waals surface area (Å²) in [6.07, 6.45) is 2.61. The van der Waals surface area contributed by atoms with Crippen molar-refractivity contribution in [2.75, 3.05) is 16.9 Å². The number of carbonyl (C=O) groups excluding carboxylic acids is 1. The van der Waals surface area contributed by atoms with Gasteiger partial charge in [-0.05, 0) is 24.3 Å². The second-order valence-corrected chi connectivity index (χ2v) is 4.76. The van der Waals surface area contributed by atoms with E-state index in [-0.39, 0.29) is 5.91 Å². The third-order valence-electron chi connectivity index (χ3n) is 2.43. The number of hydrazine groups is 1. The Morgan fingerprint density at radius 3 is 3.19 bits per heavy atom. The zero-order valence-electron chi connectivity index (χ0n) is 8.77. The minimum absolute atomic E-state index is 0.0635. The third-order valence-corrected chi connectivity index (χ3v) is 3.60. The molecule has 0 aromatic carbocycles. The quantitative estimate of drug-likeness (QED) is 0.531. The Kier molecular flexibility index (Phi) is 3.63. The lowest BCUT2D eigenvalue weighted by atomic mass is 10.2. The van der Waals surface area contributed by atoms with Gasteiger partial charge in [-0.25, -0.2) is 10.8 Å². The summed E-state index contributed by atoms with van der Waals surface area (Å²) in [5.41, 5.74) is 3.00. The molecule has 1 amide bonds. The number of thioether (sulfide) groups is 1. The van der Waals surface area contributed by atoms with Gasteiger partial charge in [-0.3, -0.25) is 4.79 Å². The largest absolute Gasteiger partial charge is 0.348 e. The minimum atomic E-state index is -0.0635. The molecule has 1 fully saturated rings. The second kappa shape index (κ2) is 5.18. The zero-order chi connectivity index (χ0) is 11.4. The molecule has 1 atom stereocenters. The van der Waals surface area contributed by atoms with Crippen LogP contribution < -0.4 is 16.6 Å². The molecular formula is C10H14N4OS. The minimum Gasteiger partial charge on any atom is -0.348 e. The van der Waals surface area contributed by atoms with E-state index in [1.54, 1.807) is 18.3 Å². The van der Waals surface area contributed by atoms with Crippen molar-refractivity contribution in [1.82, 2.24) is 10.3 Å². The summed E-state index contributed by atoms with van der Waals surface area (Å²) >= 11 is 1.87. The summed E-state index contributed by atoms with van der Waals surface area (Å²) in [6, 6.07) is 3.61. The number of carbonyl (C=O) groups is 1. The van der Waals surface area contributed by atoms with Gasteiger partial charge in [0.1, 0.15) is 5.82 Å². The van der Waals surface area contributed by atoms with Gasteiger partial charge in [0, 0.05) is 23.6 Å². The second-order valence-electron chi connectivity index (χ2n) is 3.61. The highest BCUT2D eigenvalue weighted by Gasteiger charge is 2.18. The summed E-state index contributed by atoms with van der Waals surface area (Å²) in [6.45, 7) is 0. The molecule has 1 aliphatic rings. The predicted octanol–water partition coefficient (Wildman–Crippen LogP) is 0.602. The van der Waals surface area contributed by atoms with Crippen molar-refractivity contribution in [2.24, 2.45) is 5.84 Å². The predicted molar refractivity (Wildman–Crippen MR) is 65.2 cm³/mol. The maximum atomic E-state index is 11.9. The van der Waals surface area contributed by atoms with Crippen LogP contribution in [0, 0.1) is 0 Å². The standard InChI is InChI=1S/C10H14N4OS/c11-14-9-5-7(1-3-12-9)10(15)13-8-2-4-16-6-8/h1,3,5,8H,2,4,6,11H2,(H,12,14)(H,13,15). The molecule has 4 N–H and O–H groups in total. The zero-order valence-corrected chi connectivity index (χ0v) is 9.59. The maximum Gasteiger partial charge on any atom is 0.251 e. The SMILES string of the molecule is NNc1cc(C(=O)NC2CCSC2)ccn1. The molecule has 16 heavy (non-hydrogen) atoms. The maximum absolute atomic E-state index is 11.9. The molecule has 6 heteroatoms. The summed E-state index contributed by atoms with van der Waals surface area (Å²) in [7, 11) is 0. The van der Waals surface area contributed by atoms with Gasteiger partial charge in [0.25, 0.3) is 5.91 Å². The smallest absolute Gasteiger partial charge is 0.251 e. The average molecular weight is 238 g/mol. The van der Waals surface area contributed by atoms with Crippen LogP contribution in [-0.4, -0.2) is 28.4 Å².